The van der Waals surface area contributed by atoms with Crippen LogP contribution in [0.5, 0.6) is 5.75 Å². The molecule has 2 aromatic rings. The number of anilines is 2. The molecule has 0 radical (unpaired) electrons. The maximum absolute atomic E-state index is 12.0. The van der Waals surface area contributed by atoms with Crippen LogP contribution in [0.25, 0.3) is 0 Å². The Balaban J connectivity index is 1.72. The lowest BCUT2D eigenvalue weighted by Gasteiger charge is -2.08. The maximum Gasteiger partial charge on any atom is 0.224 e. The zero-order valence-corrected chi connectivity index (χ0v) is 14.7. The summed E-state index contributed by atoms with van der Waals surface area (Å²) in [4.78, 5) is 23.1. The highest BCUT2D eigenvalue weighted by Crippen LogP contribution is 2.16. The van der Waals surface area contributed by atoms with Gasteiger partial charge in [0.1, 0.15) is 5.75 Å². The molecule has 5 nitrogen and oxygen atoms in total. The van der Waals surface area contributed by atoms with Crippen LogP contribution in [0.3, 0.4) is 0 Å². The number of ether oxygens (including phenoxy) is 1. The van der Waals surface area contributed by atoms with E-state index in [9.17, 15) is 9.59 Å². The van der Waals surface area contributed by atoms with Gasteiger partial charge in [-0.05, 0) is 55.2 Å². The monoisotopic (exact) mass is 340 g/mol. The third-order valence-electron chi connectivity index (χ3n) is 3.75. The molecule has 2 aromatic carbocycles. The first kappa shape index (κ1) is 18.5. The average molecular weight is 340 g/mol. The molecule has 5 heteroatoms. The molecule has 0 atom stereocenters. The predicted molar refractivity (Wildman–Crippen MR) is 99.9 cm³/mol. The van der Waals surface area contributed by atoms with E-state index < -0.39 is 0 Å². The van der Waals surface area contributed by atoms with Gasteiger partial charge >= 0.3 is 0 Å². The number of aryl methyl sites for hydroxylation is 1. The van der Waals surface area contributed by atoms with Crippen molar-refractivity contribution in [2.75, 3.05) is 17.7 Å². The quantitative estimate of drug-likeness (QED) is 0.714. The van der Waals surface area contributed by atoms with E-state index in [0.717, 1.165) is 25.0 Å². The molecule has 0 spiro atoms. The minimum absolute atomic E-state index is 0.0188. The summed E-state index contributed by atoms with van der Waals surface area (Å²) in [5.41, 5.74) is 2.60. The van der Waals surface area contributed by atoms with Gasteiger partial charge < -0.3 is 15.4 Å². The molecule has 0 saturated heterocycles. The highest BCUT2D eigenvalue weighted by Gasteiger charge is 2.04. The Morgan fingerprint density at radius 1 is 0.960 bits per heavy atom. The third kappa shape index (κ3) is 6.67. The number of methoxy groups -OCH3 is 1. The van der Waals surface area contributed by atoms with Crippen molar-refractivity contribution >= 4 is 23.2 Å². The van der Waals surface area contributed by atoms with E-state index in [0.29, 0.717) is 17.8 Å². The lowest BCUT2D eigenvalue weighted by Crippen LogP contribution is -2.12. The third-order valence-corrected chi connectivity index (χ3v) is 3.75. The van der Waals surface area contributed by atoms with E-state index in [1.54, 1.807) is 31.4 Å². The highest BCUT2D eigenvalue weighted by molar-refractivity contribution is 5.93. The first-order valence-corrected chi connectivity index (χ1v) is 8.37. The first-order chi connectivity index (χ1) is 12.1. The number of carbonyl (C=O) groups excluding carboxylic acids is 2. The molecule has 0 aliphatic rings. The van der Waals surface area contributed by atoms with Crippen molar-refractivity contribution in [2.45, 2.75) is 32.6 Å². The fourth-order valence-corrected chi connectivity index (χ4v) is 2.51. The lowest BCUT2D eigenvalue weighted by atomic mass is 10.1. The number of hydrogen-bond acceptors (Lipinski definition) is 3. The minimum Gasteiger partial charge on any atom is -0.497 e. The zero-order chi connectivity index (χ0) is 18.1. The topological polar surface area (TPSA) is 67.4 Å². The molecule has 2 rings (SSSR count). The second-order valence-electron chi connectivity index (χ2n) is 5.87. The van der Waals surface area contributed by atoms with Gasteiger partial charge in [0.2, 0.25) is 11.8 Å². The van der Waals surface area contributed by atoms with Crippen molar-refractivity contribution in [2.24, 2.45) is 0 Å². The van der Waals surface area contributed by atoms with Crippen LogP contribution in [-0.4, -0.2) is 18.9 Å². The van der Waals surface area contributed by atoms with Crippen LogP contribution in [0.2, 0.25) is 0 Å². The van der Waals surface area contributed by atoms with E-state index in [-0.39, 0.29) is 11.8 Å². The Labute approximate surface area is 148 Å². The van der Waals surface area contributed by atoms with E-state index in [1.165, 1.54) is 12.5 Å². The Kier molecular flexibility index (Phi) is 7.01. The molecule has 0 fully saturated rings. The van der Waals surface area contributed by atoms with E-state index in [1.807, 2.05) is 24.3 Å². The molecular weight excluding hydrogens is 316 g/mol. The molecule has 0 saturated carbocycles. The maximum atomic E-state index is 12.0. The molecule has 0 aliphatic carbocycles. The molecule has 0 aliphatic heterocycles. The Hall–Kier alpha value is -2.82. The summed E-state index contributed by atoms with van der Waals surface area (Å²) < 4.78 is 5.14. The highest BCUT2D eigenvalue weighted by atomic mass is 16.5. The van der Waals surface area contributed by atoms with Gasteiger partial charge in [0.15, 0.2) is 0 Å². The van der Waals surface area contributed by atoms with E-state index in [2.05, 4.69) is 10.6 Å². The van der Waals surface area contributed by atoms with Gasteiger partial charge in [0, 0.05) is 24.7 Å². The molecule has 25 heavy (non-hydrogen) atoms. The number of benzene rings is 2. The van der Waals surface area contributed by atoms with Gasteiger partial charge in [-0.3, -0.25) is 9.59 Å². The summed E-state index contributed by atoms with van der Waals surface area (Å²) in [6.45, 7) is 1.45. The van der Waals surface area contributed by atoms with Crippen molar-refractivity contribution in [3.8, 4) is 5.75 Å². The van der Waals surface area contributed by atoms with Crippen LogP contribution >= 0.6 is 0 Å². The van der Waals surface area contributed by atoms with Gasteiger partial charge in [0.05, 0.1) is 7.11 Å². The van der Waals surface area contributed by atoms with Crippen molar-refractivity contribution in [1.82, 2.24) is 0 Å². The number of nitrogens with one attached hydrogen (secondary N) is 2. The normalized spacial score (nSPS) is 10.2. The van der Waals surface area contributed by atoms with Gasteiger partial charge in [-0.25, -0.2) is 0 Å². The molecule has 2 amide bonds. The lowest BCUT2D eigenvalue weighted by molar-refractivity contribution is -0.116. The molecular formula is C20H24N2O3. The van der Waals surface area contributed by atoms with Crippen LogP contribution in [0.4, 0.5) is 11.4 Å². The zero-order valence-electron chi connectivity index (χ0n) is 14.7. The van der Waals surface area contributed by atoms with Crippen molar-refractivity contribution in [3.63, 3.8) is 0 Å². The van der Waals surface area contributed by atoms with Gasteiger partial charge in [0.25, 0.3) is 0 Å². The van der Waals surface area contributed by atoms with Crippen LogP contribution in [0.15, 0.2) is 48.5 Å². The minimum atomic E-state index is -0.137. The van der Waals surface area contributed by atoms with Gasteiger partial charge in [-0.1, -0.05) is 18.2 Å². The van der Waals surface area contributed by atoms with Crippen molar-refractivity contribution < 1.29 is 14.3 Å². The van der Waals surface area contributed by atoms with Crippen LogP contribution in [0.1, 0.15) is 31.7 Å². The Morgan fingerprint density at radius 3 is 2.28 bits per heavy atom. The van der Waals surface area contributed by atoms with Gasteiger partial charge in [-0.15, -0.1) is 0 Å². The Morgan fingerprint density at radius 2 is 1.64 bits per heavy atom. The number of unbranched alkanes of at least 4 members (excludes halogenated alkanes) is 1. The molecule has 2 N–H and O–H groups in total. The fraction of sp³-hybridized carbons (Fsp3) is 0.300. The number of rotatable bonds is 8. The fourth-order valence-electron chi connectivity index (χ4n) is 2.51. The van der Waals surface area contributed by atoms with E-state index >= 15 is 0 Å². The average Bonchev–Trinajstić information content (AvgIpc) is 2.59. The van der Waals surface area contributed by atoms with Crippen molar-refractivity contribution in [1.29, 1.82) is 0 Å². The second-order valence-corrected chi connectivity index (χ2v) is 5.87. The summed E-state index contributed by atoms with van der Waals surface area (Å²) >= 11 is 0. The Bertz CT molecular complexity index is 711. The second kappa shape index (κ2) is 9.47. The molecule has 0 unspecified atom stereocenters. The summed E-state index contributed by atoms with van der Waals surface area (Å²) in [5.74, 6) is 0.696. The van der Waals surface area contributed by atoms with Crippen LogP contribution in [0, 0.1) is 0 Å². The number of amides is 2. The molecule has 0 bridgehead atoms. The molecule has 132 valence electrons. The first-order valence-electron chi connectivity index (χ1n) is 8.37. The van der Waals surface area contributed by atoms with Crippen LogP contribution in [-0.2, 0) is 16.0 Å². The predicted octanol–water partition coefficient (Wildman–Crippen LogP) is 4.01. The number of hydrogen-bond donors (Lipinski definition) is 2. The van der Waals surface area contributed by atoms with Crippen molar-refractivity contribution in [3.05, 3.63) is 54.1 Å². The summed E-state index contributed by atoms with van der Waals surface area (Å²) in [7, 11) is 1.65. The van der Waals surface area contributed by atoms with E-state index in [4.69, 9.17) is 4.74 Å². The molecule has 0 heterocycles. The summed E-state index contributed by atoms with van der Waals surface area (Å²) in [5, 5.41) is 5.56. The standard InChI is InChI=1S/C20H24N2O3/c1-15(23)21-17-7-5-8-18(14-17)22-20(24)9-4-3-6-16-10-12-19(25-2)13-11-16/h5,7-8,10-14H,3-4,6,9H2,1-2H3,(H,21,23)(H,22,24). The largest absolute Gasteiger partial charge is 0.497 e. The smallest absolute Gasteiger partial charge is 0.224 e. The summed E-state index contributed by atoms with van der Waals surface area (Å²) in [6, 6.07) is 15.1. The molecule has 0 aromatic heterocycles. The van der Waals surface area contributed by atoms with Gasteiger partial charge in [-0.2, -0.15) is 0 Å². The summed E-state index contributed by atoms with van der Waals surface area (Å²) in [6.07, 6.45) is 3.19. The van der Waals surface area contributed by atoms with Crippen LogP contribution < -0.4 is 15.4 Å². The SMILES string of the molecule is COc1ccc(CCCCC(=O)Nc2cccc(NC(C)=O)c2)cc1. The number of carbonyl (C=O) groups is 2.